The molecular formula is C23H28N2O5. The Morgan fingerprint density at radius 2 is 1.60 bits per heavy atom. The number of carbonyl (C=O) groups excluding carboxylic acids is 4. The van der Waals surface area contributed by atoms with E-state index in [0.717, 1.165) is 34.6 Å². The lowest BCUT2D eigenvalue weighted by Gasteiger charge is -2.15. The van der Waals surface area contributed by atoms with Crippen molar-refractivity contribution in [3.8, 4) is 0 Å². The predicted molar refractivity (Wildman–Crippen MR) is 111 cm³/mol. The summed E-state index contributed by atoms with van der Waals surface area (Å²) in [5.41, 5.74) is 2.82. The first kappa shape index (κ1) is 21.7. The molecular weight excluding hydrogens is 384 g/mol. The number of allylic oxidation sites excluding steroid dienone is 2. The van der Waals surface area contributed by atoms with E-state index in [9.17, 15) is 19.2 Å². The number of benzene rings is 1. The minimum Gasteiger partial charge on any atom is -0.456 e. The summed E-state index contributed by atoms with van der Waals surface area (Å²) >= 11 is 0. The fourth-order valence-electron chi connectivity index (χ4n) is 4.09. The molecule has 3 amide bonds. The van der Waals surface area contributed by atoms with Crippen LogP contribution in [0.25, 0.3) is 0 Å². The van der Waals surface area contributed by atoms with Crippen LogP contribution in [0.3, 0.4) is 0 Å². The maximum absolute atomic E-state index is 12.4. The summed E-state index contributed by atoms with van der Waals surface area (Å²) in [6.45, 7) is 3.61. The SMILES string of the molecule is CCc1cccc(CC)c1NC(=O)COC(=O)CCN1C(=O)[C@H]2CC=CC[C@@H]2C1=O. The third-order valence-electron chi connectivity index (χ3n) is 5.77. The molecule has 160 valence electrons. The lowest BCUT2D eigenvalue weighted by Crippen LogP contribution is -2.33. The van der Waals surface area contributed by atoms with Gasteiger partial charge in [-0.15, -0.1) is 0 Å². The van der Waals surface area contributed by atoms with Gasteiger partial charge in [-0.2, -0.15) is 0 Å². The Morgan fingerprint density at radius 3 is 2.13 bits per heavy atom. The maximum atomic E-state index is 12.4. The Morgan fingerprint density at radius 1 is 1.03 bits per heavy atom. The van der Waals surface area contributed by atoms with E-state index in [1.165, 1.54) is 0 Å². The smallest absolute Gasteiger partial charge is 0.308 e. The van der Waals surface area contributed by atoms with Crippen LogP contribution < -0.4 is 5.32 Å². The van der Waals surface area contributed by atoms with Gasteiger partial charge >= 0.3 is 5.97 Å². The van der Waals surface area contributed by atoms with Crippen molar-refractivity contribution in [3.05, 3.63) is 41.5 Å². The number of para-hydroxylation sites is 1. The third kappa shape index (κ3) is 4.61. The summed E-state index contributed by atoms with van der Waals surface area (Å²) in [6, 6.07) is 5.87. The molecule has 0 aromatic heterocycles. The summed E-state index contributed by atoms with van der Waals surface area (Å²) in [5.74, 6) is -2.08. The summed E-state index contributed by atoms with van der Waals surface area (Å²) in [6.07, 6.45) is 6.40. The third-order valence-corrected chi connectivity index (χ3v) is 5.77. The van der Waals surface area contributed by atoms with Gasteiger partial charge in [-0.3, -0.25) is 24.1 Å². The van der Waals surface area contributed by atoms with Crippen LogP contribution in [0.5, 0.6) is 0 Å². The number of anilines is 1. The molecule has 1 aliphatic heterocycles. The summed E-state index contributed by atoms with van der Waals surface area (Å²) in [7, 11) is 0. The second-order valence-corrected chi connectivity index (χ2v) is 7.60. The molecule has 1 saturated heterocycles. The van der Waals surface area contributed by atoms with Gasteiger partial charge in [0.05, 0.1) is 18.3 Å². The van der Waals surface area contributed by atoms with Gasteiger partial charge in [-0.05, 0) is 36.8 Å². The molecule has 0 radical (unpaired) electrons. The quantitative estimate of drug-likeness (QED) is 0.403. The Bertz CT molecular complexity index is 828. The predicted octanol–water partition coefficient (Wildman–Crippen LogP) is 2.63. The highest BCUT2D eigenvalue weighted by atomic mass is 16.5. The fraction of sp³-hybridized carbons (Fsp3) is 0.478. The number of amides is 3. The van der Waals surface area contributed by atoms with Gasteiger partial charge in [0.1, 0.15) is 0 Å². The van der Waals surface area contributed by atoms with Crippen molar-refractivity contribution >= 4 is 29.4 Å². The minimum absolute atomic E-state index is 0.0101. The van der Waals surface area contributed by atoms with E-state index in [2.05, 4.69) is 5.32 Å². The lowest BCUT2D eigenvalue weighted by atomic mass is 9.85. The van der Waals surface area contributed by atoms with Gasteiger partial charge in [-0.25, -0.2) is 0 Å². The van der Waals surface area contributed by atoms with Gasteiger partial charge < -0.3 is 10.1 Å². The average molecular weight is 412 g/mol. The highest BCUT2D eigenvalue weighted by Gasteiger charge is 2.46. The average Bonchev–Trinajstić information content (AvgIpc) is 3.01. The Labute approximate surface area is 176 Å². The monoisotopic (exact) mass is 412 g/mol. The first-order valence-corrected chi connectivity index (χ1v) is 10.5. The number of esters is 1. The van der Waals surface area contributed by atoms with E-state index < -0.39 is 18.5 Å². The number of nitrogens with one attached hydrogen (secondary N) is 1. The summed E-state index contributed by atoms with van der Waals surface area (Å²) in [5, 5.41) is 2.84. The zero-order valence-electron chi connectivity index (χ0n) is 17.5. The van der Waals surface area contributed by atoms with E-state index in [1.54, 1.807) is 0 Å². The van der Waals surface area contributed by atoms with Crippen LogP contribution in [0.4, 0.5) is 5.69 Å². The molecule has 0 spiro atoms. The minimum atomic E-state index is -0.613. The number of rotatable bonds is 8. The Kier molecular flexibility index (Phi) is 7.03. The normalized spacial score (nSPS) is 20.3. The van der Waals surface area contributed by atoms with E-state index in [4.69, 9.17) is 4.74 Å². The second-order valence-electron chi connectivity index (χ2n) is 7.60. The van der Waals surface area contributed by atoms with Crippen molar-refractivity contribution in [3.63, 3.8) is 0 Å². The van der Waals surface area contributed by atoms with Crippen molar-refractivity contribution in [1.29, 1.82) is 0 Å². The number of carbonyl (C=O) groups is 4. The molecule has 0 saturated carbocycles. The number of ether oxygens (including phenoxy) is 1. The highest BCUT2D eigenvalue weighted by Crippen LogP contribution is 2.35. The van der Waals surface area contributed by atoms with Gasteiger partial charge in [0.2, 0.25) is 11.8 Å². The molecule has 1 N–H and O–H groups in total. The molecule has 30 heavy (non-hydrogen) atoms. The van der Waals surface area contributed by atoms with Crippen LogP contribution in [0.15, 0.2) is 30.4 Å². The van der Waals surface area contributed by atoms with Crippen molar-refractivity contribution in [2.24, 2.45) is 11.8 Å². The van der Waals surface area contributed by atoms with Gasteiger partial charge in [0, 0.05) is 12.2 Å². The molecule has 1 fully saturated rings. The van der Waals surface area contributed by atoms with E-state index >= 15 is 0 Å². The fourth-order valence-corrected chi connectivity index (χ4v) is 4.09. The van der Waals surface area contributed by atoms with Crippen molar-refractivity contribution in [2.45, 2.75) is 46.0 Å². The van der Waals surface area contributed by atoms with Gasteiger partial charge in [0.15, 0.2) is 6.61 Å². The largest absolute Gasteiger partial charge is 0.456 e. The molecule has 1 aromatic carbocycles. The Balaban J connectivity index is 1.48. The van der Waals surface area contributed by atoms with Crippen LogP contribution in [-0.2, 0) is 36.8 Å². The molecule has 7 nitrogen and oxygen atoms in total. The molecule has 1 heterocycles. The van der Waals surface area contributed by atoms with E-state index in [1.807, 2.05) is 44.2 Å². The highest BCUT2D eigenvalue weighted by molar-refractivity contribution is 6.05. The van der Waals surface area contributed by atoms with Crippen molar-refractivity contribution in [2.75, 3.05) is 18.5 Å². The summed E-state index contributed by atoms with van der Waals surface area (Å²) < 4.78 is 5.06. The van der Waals surface area contributed by atoms with Crippen LogP contribution in [0.2, 0.25) is 0 Å². The van der Waals surface area contributed by atoms with Gasteiger partial charge in [0.25, 0.3) is 5.91 Å². The maximum Gasteiger partial charge on any atom is 0.308 e. The topological polar surface area (TPSA) is 92.8 Å². The van der Waals surface area contributed by atoms with Crippen molar-refractivity contribution < 1.29 is 23.9 Å². The number of aryl methyl sites for hydroxylation is 2. The summed E-state index contributed by atoms with van der Waals surface area (Å²) in [4.78, 5) is 50.3. The molecule has 1 aliphatic carbocycles. The number of hydrogen-bond acceptors (Lipinski definition) is 5. The number of imide groups is 1. The lowest BCUT2D eigenvalue weighted by molar-refractivity contribution is -0.148. The molecule has 2 aliphatic rings. The molecule has 7 heteroatoms. The second kappa shape index (κ2) is 9.69. The number of fused-ring (bicyclic) bond motifs is 1. The van der Waals surface area contributed by atoms with Crippen molar-refractivity contribution in [1.82, 2.24) is 4.90 Å². The van der Waals surface area contributed by atoms with Crippen LogP contribution in [-0.4, -0.2) is 41.7 Å². The Hall–Kier alpha value is -2.96. The molecule has 0 unspecified atom stereocenters. The first-order chi connectivity index (χ1) is 14.5. The molecule has 3 rings (SSSR count). The van der Waals surface area contributed by atoms with Crippen LogP contribution >= 0.6 is 0 Å². The van der Waals surface area contributed by atoms with Crippen LogP contribution in [0.1, 0.15) is 44.2 Å². The number of hydrogen-bond donors (Lipinski definition) is 1. The van der Waals surface area contributed by atoms with Crippen LogP contribution in [0, 0.1) is 11.8 Å². The number of likely N-dealkylation sites (tertiary alicyclic amines) is 1. The standard InChI is InChI=1S/C23H28N2O5/c1-3-15-8-7-9-16(4-2)21(15)24-19(26)14-30-20(27)12-13-25-22(28)17-10-5-6-11-18(17)23(25)29/h5-9,17-18H,3-4,10-14H2,1-2H3,(H,24,26)/t17-,18-/m0/s1. The zero-order valence-corrected chi connectivity index (χ0v) is 17.5. The molecule has 0 bridgehead atoms. The molecule has 2 atom stereocenters. The number of nitrogens with zero attached hydrogens (tertiary/aromatic N) is 1. The van der Waals surface area contributed by atoms with E-state index in [-0.39, 0.29) is 36.6 Å². The zero-order chi connectivity index (χ0) is 21.7. The van der Waals surface area contributed by atoms with E-state index in [0.29, 0.717) is 12.8 Å². The van der Waals surface area contributed by atoms with Gasteiger partial charge in [-0.1, -0.05) is 44.2 Å². The first-order valence-electron chi connectivity index (χ1n) is 10.5. The molecule has 1 aromatic rings.